The monoisotopic (exact) mass is 391 g/mol. The van der Waals surface area contributed by atoms with E-state index in [-0.39, 0.29) is 11.3 Å². The van der Waals surface area contributed by atoms with Crippen molar-refractivity contribution in [3.8, 4) is 11.4 Å². The lowest BCUT2D eigenvalue weighted by Gasteiger charge is -2.19. The van der Waals surface area contributed by atoms with Gasteiger partial charge in [-0.15, -0.1) is 0 Å². The minimum Gasteiger partial charge on any atom is -0.356 e. The average Bonchev–Trinajstić information content (AvgIpc) is 3.16. The molecule has 0 radical (unpaired) electrons. The van der Waals surface area contributed by atoms with Gasteiger partial charge in [0, 0.05) is 24.9 Å². The molecule has 0 unspecified atom stereocenters. The molecule has 0 aliphatic carbocycles. The van der Waals surface area contributed by atoms with Gasteiger partial charge >= 0.3 is 0 Å². The van der Waals surface area contributed by atoms with Gasteiger partial charge < -0.3 is 9.84 Å². The first-order valence-corrected chi connectivity index (χ1v) is 10.1. The first kappa shape index (κ1) is 20.8. The molecule has 0 fully saturated rings. The van der Waals surface area contributed by atoms with Crippen LogP contribution in [0.1, 0.15) is 49.8 Å². The van der Waals surface area contributed by atoms with E-state index < -0.39 is 0 Å². The van der Waals surface area contributed by atoms with Crippen LogP contribution in [0.3, 0.4) is 0 Å². The maximum atomic E-state index is 12.1. The third kappa shape index (κ3) is 6.01. The highest BCUT2D eigenvalue weighted by Crippen LogP contribution is 2.22. The number of benzene rings is 2. The van der Waals surface area contributed by atoms with Crippen LogP contribution in [-0.2, 0) is 23.1 Å². The minimum atomic E-state index is -0.00797. The van der Waals surface area contributed by atoms with Crippen LogP contribution in [0.25, 0.3) is 11.4 Å². The minimum absolute atomic E-state index is 0.00797. The van der Waals surface area contributed by atoms with Gasteiger partial charge in [0.25, 0.3) is 0 Å². The first-order chi connectivity index (χ1) is 13.8. The van der Waals surface area contributed by atoms with E-state index in [0.717, 1.165) is 12.0 Å². The van der Waals surface area contributed by atoms with Crippen LogP contribution < -0.4 is 5.32 Å². The third-order valence-corrected chi connectivity index (χ3v) is 4.90. The number of aryl methyl sites for hydroxylation is 2. The Bertz CT molecular complexity index is 936. The van der Waals surface area contributed by atoms with Crippen molar-refractivity contribution in [2.45, 2.75) is 52.4 Å². The zero-order valence-corrected chi connectivity index (χ0v) is 17.7. The number of nitrogens with one attached hydrogen (secondary N) is 1. The van der Waals surface area contributed by atoms with Crippen molar-refractivity contribution in [2.24, 2.45) is 0 Å². The maximum absolute atomic E-state index is 12.1. The molecule has 1 heterocycles. The molecule has 0 saturated heterocycles. The molecule has 2 aromatic carbocycles. The highest BCUT2D eigenvalue weighted by atomic mass is 16.5. The molecule has 3 rings (SSSR count). The molecule has 3 aromatic rings. The summed E-state index contributed by atoms with van der Waals surface area (Å²) in [7, 11) is 0. The number of nitrogens with zero attached hydrogens (tertiary/aromatic N) is 2. The van der Waals surface area contributed by atoms with Gasteiger partial charge in [0.2, 0.25) is 17.6 Å². The van der Waals surface area contributed by atoms with E-state index in [0.29, 0.717) is 31.1 Å². The first-order valence-electron chi connectivity index (χ1n) is 10.1. The van der Waals surface area contributed by atoms with Crippen molar-refractivity contribution in [2.75, 3.05) is 6.54 Å². The van der Waals surface area contributed by atoms with Gasteiger partial charge in [-0.1, -0.05) is 80.0 Å². The Morgan fingerprint density at radius 3 is 2.34 bits per heavy atom. The van der Waals surface area contributed by atoms with E-state index in [1.54, 1.807) is 0 Å². The Hall–Kier alpha value is -2.95. The number of carbonyl (C=O) groups excluding carboxylic acids is 1. The van der Waals surface area contributed by atoms with Crippen LogP contribution in [-0.4, -0.2) is 22.6 Å². The second-order valence-corrected chi connectivity index (χ2v) is 8.42. The zero-order chi connectivity index (χ0) is 20.9. The Balaban J connectivity index is 1.42. The molecule has 0 saturated carbocycles. The molecule has 1 amide bonds. The average molecular weight is 392 g/mol. The van der Waals surface area contributed by atoms with Crippen LogP contribution in [0, 0.1) is 6.92 Å². The van der Waals surface area contributed by atoms with Crippen molar-refractivity contribution in [3.63, 3.8) is 0 Å². The zero-order valence-electron chi connectivity index (χ0n) is 17.7. The standard InChI is InChI=1S/C24H29N3O2/c1-17-5-9-19(10-6-17)23-26-22(29-27-23)14-13-21(28)25-16-15-18-7-11-20(12-8-18)24(2,3)4/h5-12H,13-16H2,1-4H3,(H,25,28). The molecular formula is C24H29N3O2. The Morgan fingerprint density at radius 1 is 1.00 bits per heavy atom. The van der Waals surface area contributed by atoms with Crippen LogP contribution in [0.5, 0.6) is 0 Å². The number of hydrogen-bond donors (Lipinski definition) is 1. The molecule has 0 bridgehead atoms. The van der Waals surface area contributed by atoms with Crippen molar-refractivity contribution in [1.82, 2.24) is 15.5 Å². The summed E-state index contributed by atoms with van der Waals surface area (Å²) in [6.45, 7) is 9.26. The molecule has 152 valence electrons. The van der Waals surface area contributed by atoms with Gasteiger partial charge in [-0.2, -0.15) is 4.98 Å². The van der Waals surface area contributed by atoms with E-state index in [1.165, 1.54) is 16.7 Å². The van der Waals surface area contributed by atoms with Gasteiger partial charge in [-0.05, 0) is 29.9 Å². The Kier molecular flexibility index (Phi) is 6.47. The molecule has 5 nitrogen and oxygen atoms in total. The van der Waals surface area contributed by atoms with Gasteiger partial charge in [0.15, 0.2) is 0 Å². The fourth-order valence-electron chi connectivity index (χ4n) is 3.00. The molecule has 1 N–H and O–H groups in total. The number of aromatic nitrogens is 2. The summed E-state index contributed by atoms with van der Waals surface area (Å²) in [5.41, 5.74) is 4.78. The number of hydrogen-bond acceptors (Lipinski definition) is 4. The van der Waals surface area contributed by atoms with Crippen LogP contribution in [0.4, 0.5) is 0 Å². The summed E-state index contributed by atoms with van der Waals surface area (Å²) in [4.78, 5) is 16.5. The smallest absolute Gasteiger partial charge is 0.227 e. The predicted octanol–water partition coefficient (Wildman–Crippen LogP) is 4.63. The van der Waals surface area contributed by atoms with E-state index in [2.05, 4.69) is 60.5 Å². The molecule has 1 aromatic heterocycles. The molecule has 0 spiro atoms. The molecule has 5 heteroatoms. The van der Waals surface area contributed by atoms with E-state index in [1.807, 2.05) is 31.2 Å². The highest BCUT2D eigenvalue weighted by Gasteiger charge is 2.13. The van der Waals surface area contributed by atoms with Crippen LogP contribution in [0.2, 0.25) is 0 Å². The maximum Gasteiger partial charge on any atom is 0.227 e. The van der Waals surface area contributed by atoms with Crippen molar-refractivity contribution in [1.29, 1.82) is 0 Å². The van der Waals surface area contributed by atoms with Crippen LogP contribution in [0.15, 0.2) is 53.1 Å². The highest BCUT2D eigenvalue weighted by molar-refractivity contribution is 5.76. The number of amides is 1. The summed E-state index contributed by atoms with van der Waals surface area (Å²) in [5.74, 6) is 1.03. The van der Waals surface area contributed by atoms with Gasteiger partial charge in [0.05, 0.1) is 0 Å². The summed E-state index contributed by atoms with van der Waals surface area (Å²) in [5, 5.41) is 6.96. The Labute approximate surface area is 172 Å². The third-order valence-electron chi connectivity index (χ3n) is 4.90. The molecule has 0 aliphatic heterocycles. The molecule has 0 atom stereocenters. The predicted molar refractivity (Wildman–Crippen MR) is 115 cm³/mol. The quantitative estimate of drug-likeness (QED) is 0.637. The molecule has 29 heavy (non-hydrogen) atoms. The van der Waals surface area contributed by atoms with Gasteiger partial charge in [-0.25, -0.2) is 0 Å². The Morgan fingerprint density at radius 2 is 1.69 bits per heavy atom. The lowest BCUT2D eigenvalue weighted by Crippen LogP contribution is -2.25. The van der Waals surface area contributed by atoms with Gasteiger partial charge in [-0.3, -0.25) is 4.79 Å². The fourth-order valence-corrected chi connectivity index (χ4v) is 3.00. The summed E-state index contributed by atoms with van der Waals surface area (Å²) >= 11 is 0. The summed E-state index contributed by atoms with van der Waals surface area (Å²) < 4.78 is 5.27. The largest absolute Gasteiger partial charge is 0.356 e. The number of carbonyl (C=O) groups is 1. The van der Waals surface area contributed by atoms with Crippen molar-refractivity contribution < 1.29 is 9.32 Å². The van der Waals surface area contributed by atoms with Crippen molar-refractivity contribution in [3.05, 3.63) is 71.1 Å². The summed E-state index contributed by atoms with van der Waals surface area (Å²) in [6.07, 6.45) is 1.58. The van der Waals surface area contributed by atoms with Gasteiger partial charge in [0.1, 0.15) is 0 Å². The summed E-state index contributed by atoms with van der Waals surface area (Å²) in [6, 6.07) is 16.5. The lowest BCUT2D eigenvalue weighted by molar-refractivity contribution is -0.121. The SMILES string of the molecule is Cc1ccc(-c2noc(CCC(=O)NCCc3ccc(C(C)(C)C)cc3)n2)cc1. The van der Waals surface area contributed by atoms with E-state index in [4.69, 9.17) is 4.52 Å². The second kappa shape index (κ2) is 9.03. The van der Waals surface area contributed by atoms with E-state index >= 15 is 0 Å². The molecular weight excluding hydrogens is 362 g/mol. The topological polar surface area (TPSA) is 68.0 Å². The fraction of sp³-hybridized carbons (Fsp3) is 0.375. The van der Waals surface area contributed by atoms with Crippen molar-refractivity contribution >= 4 is 5.91 Å². The van der Waals surface area contributed by atoms with E-state index in [9.17, 15) is 4.79 Å². The normalized spacial score (nSPS) is 11.4. The van der Waals surface area contributed by atoms with Crippen LogP contribution >= 0.6 is 0 Å². The number of rotatable bonds is 7. The second-order valence-electron chi connectivity index (χ2n) is 8.42. The molecule has 0 aliphatic rings. The lowest BCUT2D eigenvalue weighted by atomic mass is 9.86.